The van der Waals surface area contributed by atoms with Gasteiger partial charge in [0, 0.05) is 29.4 Å². The van der Waals surface area contributed by atoms with Gasteiger partial charge >= 0.3 is 6.03 Å². The number of nitrogens with zero attached hydrogens (tertiary/aromatic N) is 2. The van der Waals surface area contributed by atoms with Crippen LogP contribution in [0.15, 0.2) is 65.8 Å². The molecule has 0 saturated heterocycles. The summed E-state index contributed by atoms with van der Waals surface area (Å²) in [5.41, 5.74) is 5.49. The van der Waals surface area contributed by atoms with E-state index in [1.165, 1.54) is 5.01 Å². The van der Waals surface area contributed by atoms with Gasteiger partial charge in [-0.1, -0.05) is 24.3 Å². The second kappa shape index (κ2) is 10.5. The molecule has 3 amide bonds. The fourth-order valence-corrected chi connectivity index (χ4v) is 4.25. The molecule has 0 fully saturated rings. The fraction of sp³-hybridized carbons (Fsp3) is 0.250. The molecule has 0 aliphatic carbocycles. The van der Waals surface area contributed by atoms with E-state index in [0.717, 1.165) is 27.9 Å². The SMILES string of the molecule is CNC(=O)N1N=C(c2ccc(C(=O)Nc3cccc(C)c3)cc2)c2cc(OC)c(OC)cc2CC1C. The maximum Gasteiger partial charge on any atom is 0.337 e. The molecule has 3 aromatic rings. The minimum atomic E-state index is -0.305. The van der Waals surface area contributed by atoms with Gasteiger partial charge in [-0.25, -0.2) is 9.80 Å². The molecule has 0 bridgehead atoms. The van der Waals surface area contributed by atoms with Crippen molar-refractivity contribution in [2.24, 2.45) is 5.10 Å². The fourth-order valence-electron chi connectivity index (χ4n) is 4.25. The first-order chi connectivity index (χ1) is 17.3. The normalized spacial score (nSPS) is 14.8. The Balaban J connectivity index is 1.74. The quantitative estimate of drug-likeness (QED) is 0.551. The molecule has 1 atom stereocenters. The highest BCUT2D eigenvalue weighted by molar-refractivity contribution is 6.15. The summed E-state index contributed by atoms with van der Waals surface area (Å²) < 4.78 is 11.1. The van der Waals surface area contributed by atoms with Crippen LogP contribution < -0.4 is 20.1 Å². The third-order valence-corrected chi connectivity index (χ3v) is 6.12. The number of hydrazone groups is 1. The van der Waals surface area contributed by atoms with Gasteiger partial charge in [0.2, 0.25) is 0 Å². The van der Waals surface area contributed by atoms with Crippen LogP contribution in [0.5, 0.6) is 11.5 Å². The number of anilines is 1. The van der Waals surface area contributed by atoms with Crippen molar-refractivity contribution in [3.8, 4) is 11.5 Å². The monoisotopic (exact) mass is 486 g/mol. The van der Waals surface area contributed by atoms with Crippen LogP contribution in [0, 0.1) is 6.92 Å². The first-order valence-electron chi connectivity index (χ1n) is 11.7. The van der Waals surface area contributed by atoms with E-state index in [1.807, 2.05) is 62.4 Å². The Hall–Kier alpha value is -4.33. The minimum Gasteiger partial charge on any atom is -0.493 e. The first-order valence-corrected chi connectivity index (χ1v) is 11.7. The summed E-state index contributed by atoms with van der Waals surface area (Å²) in [5, 5.41) is 11.8. The lowest BCUT2D eigenvalue weighted by molar-refractivity contribution is 0.102. The largest absolute Gasteiger partial charge is 0.493 e. The molecule has 3 aromatic carbocycles. The molecule has 0 radical (unpaired) electrons. The smallest absolute Gasteiger partial charge is 0.337 e. The first kappa shape index (κ1) is 24.8. The molecule has 1 aliphatic heterocycles. The molecular weight excluding hydrogens is 456 g/mol. The van der Waals surface area contributed by atoms with Gasteiger partial charge in [0.1, 0.15) is 0 Å². The molecule has 0 aromatic heterocycles. The van der Waals surface area contributed by atoms with Crippen LogP contribution in [-0.4, -0.2) is 50.0 Å². The summed E-state index contributed by atoms with van der Waals surface area (Å²) in [6, 6.07) is 18.1. The minimum absolute atomic E-state index is 0.196. The van der Waals surface area contributed by atoms with Gasteiger partial charge < -0.3 is 20.1 Å². The third kappa shape index (κ3) is 5.02. The van der Waals surface area contributed by atoms with E-state index in [-0.39, 0.29) is 18.0 Å². The molecule has 1 unspecified atom stereocenters. The lowest BCUT2D eigenvalue weighted by Crippen LogP contribution is -2.41. The molecule has 8 nitrogen and oxygen atoms in total. The van der Waals surface area contributed by atoms with Crippen molar-refractivity contribution in [1.29, 1.82) is 0 Å². The molecule has 36 heavy (non-hydrogen) atoms. The topological polar surface area (TPSA) is 92.3 Å². The number of ether oxygens (including phenoxy) is 2. The van der Waals surface area contributed by atoms with Gasteiger partial charge in [-0.2, -0.15) is 5.10 Å². The van der Waals surface area contributed by atoms with Gasteiger partial charge in [-0.05, 0) is 67.8 Å². The van der Waals surface area contributed by atoms with Crippen LogP contribution in [0.1, 0.15) is 39.5 Å². The molecule has 0 saturated carbocycles. The summed E-state index contributed by atoms with van der Waals surface area (Å²) in [6.45, 7) is 3.92. The van der Waals surface area contributed by atoms with E-state index in [1.54, 1.807) is 33.4 Å². The molecule has 4 rings (SSSR count). The Morgan fingerprint density at radius 3 is 2.33 bits per heavy atom. The second-order valence-electron chi connectivity index (χ2n) is 8.67. The number of hydrogen-bond acceptors (Lipinski definition) is 5. The molecule has 8 heteroatoms. The Morgan fingerprint density at radius 2 is 1.69 bits per heavy atom. The zero-order valence-electron chi connectivity index (χ0n) is 21.1. The Morgan fingerprint density at radius 1 is 1.00 bits per heavy atom. The number of hydrogen-bond donors (Lipinski definition) is 2. The molecule has 1 aliphatic rings. The van der Waals surface area contributed by atoms with Crippen LogP contribution in [0.2, 0.25) is 0 Å². The predicted octanol–water partition coefficient (Wildman–Crippen LogP) is 4.60. The highest BCUT2D eigenvalue weighted by Crippen LogP contribution is 2.34. The van der Waals surface area contributed by atoms with Crippen LogP contribution in [0.25, 0.3) is 0 Å². The summed E-state index contributed by atoms with van der Waals surface area (Å²) >= 11 is 0. The second-order valence-corrected chi connectivity index (χ2v) is 8.67. The van der Waals surface area contributed by atoms with E-state index in [2.05, 4.69) is 10.6 Å². The van der Waals surface area contributed by atoms with E-state index in [0.29, 0.717) is 29.2 Å². The van der Waals surface area contributed by atoms with Gasteiger partial charge in [0.15, 0.2) is 11.5 Å². The van der Waals surface area contributed by atoms with E-state index >= 15 is 0 Å². The maximum atomic E-state index is 12.8. The maximum absolute atomic E-state index is 12.8. The van der Waals surface area contributed by atoms with Crippen molar-refractivity contribution >= 4 is 23.3 Å². The number of rotatable bonds is 5. The Kier molecular flexibility index (Phi) is 7.24. The number of nitrogens with one attached hydrogen (secondary N) is 2. The zero-order chi connectivity index (χ0) is 25.8. The zero-order valence-corrected chi connectivity index (χ0v) is 21.1. The lowest BCUT2D eigenvalue weighted by atomic mass is 9.93. The Bertz CT molecular complexity index is 1320. The number of benzene rings is 3. The van der Waals surface area contributed by atoms with E-state index in [9.17, 15) is 9.59 Å². The highest BCUT2D eigenvalue weighted by atomic mass is 16.5. The number of methoxy groups -OCH3 is 2. The van der Waals surface area contributed by atoms with Crippen LogP contribution >= 0.6 is 0 Å². The summed E-state index contributed by atoms with van der Waals surface area (Å²) in [6.07, 6.45) is 0.576. The number of carbonyl (C=O) groups excluding carboxylic acids is 2. The van der Waals surface area contributed by atoms with Crippen LogP contribution in [0.4, 0.5) is 10.5 Å². The van der Waals surface area contributed by atoms with E-state index in [4.69, 9.17) is 14.6 Å². The number of urea groups is 1. The number of fused-ring (bicyclic) bond motifs is 1. The van der Waals surface area contributed by atoms with Gasteiger partial charge in [0.05, 0.1) is 26.0 Å². The number of amides is 3. The number of carbonyl (C=O) groups is 2. The predicted molar refractivity (Wildman–Crippen MR) is 140 cm³/mol. The van der Waals surface area contributed by atoms with Gasteiger partial charge in [-0.15, -0.1) is 0 Å². The molecule has 1 heterocycles. The highest BCUT2D eigenvalue weighted by Gasteiger charge is 2.28. The molecular formula is C28H30N4O4. The van der Waals surface area contributed by atoms with Crippen molar-refractivity contribution in [3.63, 3.8) is 0 Å². The molecule has 186 valence electrons. The van der Waals surface area contributed by atoms with Crippen molar-refractivity contribution < 1.29 is 19.1 Å². The number of aryl methyl sites for hydroxylation is 1. The lowest BCUT2D eigenvalue weighted by Gasteiger charge is -2.22. The summed E-state index contributed by atoms with van der Waals surface area (Å²) in [5.74, 6) is 0.973. The van der Waals surface area contributed by atoms with Gasteiger partial charge in [-0.3, -0.25) is 4.79 Å². The summed E-state index contributed by atoms with van der Waals surface area (Å²) in [4.78, 5) is 25.5. The molecule has 2 N–H and O–H groups in total. The van der Waals surface area contributed by atoms with Crippen molar-refractivity contribution in [1.82, 2.24) is 10.3 Å². The molecule has 0 spiro atoms. The van der Waals surface area contributed by atoms with Crippen molar-refractivity contribution in [3.05, 3.63) is 88.5 Å². The van der Waals surface area contributed by atoms with Gasteiger partial charge in [0.25, 0.3) is 5.91 Å². The van der Waals surface area contributed by atoms with Crippen molar-refractivity contribution in [2.45, 2.75) is 26.3 Å². The van der Waals surface area contributed by atoms with Crippen molar-refractivity contribution in [2.75, 3.05) is 26.6 Å². The Labute approximate surface area is 210 Å². The van der Waals surface area contributed by atoms with Crippen LogP contribution in [0.3, 0.4) is 0 Å². The van der Waals surface area contributed by atoms with E-state index < -0.39 is 0 Å². The standard InChI is InChI=1S/C28H30N4O4/c1-17-7-6-8-22(13-17)30-27(33)20-11-9-19(10-12-20)26-23-16-25(36-5)24(35-4)15-21(23)14-18(2)32(31-26)28(34)29-3/h6-13,15-16,18H,14H2,1-5H3,(H,29,34)(H,30,33). The average Bonchev–Trinajstić information content (AvgIpc) is 3.02. The third-order valence-electron chi connectivity index (χ3n) is 6.12. The summed E-state index contributed by atoms with van der Waals surface area (Å²) in [7, 11) is 4.76. The average molecular weight is 487 g/mol. The van der Waals surface area contributed by atoms with Crippen LogP contribution in [-0.2, 0) is 6.42 Å².